The molecule has 0 atom stereocenters. The van der Waals surface area contributed by atoms with Crippen molar-refractivity contribution >= 4 is 11.7 Å². The summed E-state index contributed by atoms with van der Waals surface area (Å²) in [5.41, 5.74) is -0.0910. The Bertz CT molecular complexity index is 667. The first kappa shape index (κ1) is 13.5. The van der Waals surface area contributed by atoms with Crippen LogP contribution in [0.1, 0.15) is 16.1 Å². The first-order valence-corrected chi connectivity index (χ1v) is 5.59. The van der Waals surface area contributed by atoms with E-state index in [1.54, 1.807) is 12.1 Å². The third-order valence-corrected chi connectivity index (χ3v) is 2.52. The summed E-state index contributed by atoms with van der Waals surface area (Å²) in [4.78, 5) is 25.0. The zero-order chi connectivity index (χ0) is 14.7. The van der Waals surface area contributed by atoms with Crippen molar-refractivity contribution in [3.05, 3.63) is 57.9 Å². The highest BCUT2D eigenvalue weighted by Crippen LogP contribution is 2.27. The first-order valence-electron chi connectivity index (χ1n) is 5.59. The Hall–Kier alpha value is -2.96. The van der Waals surface area contributed by atoms with Gasteiger partial charge in [0, 0.05) is 17.8 Å². The minimum atomic E-state index is -1.39. The fourth-order valence-electron chi connectivity index (χ4n) is 1.56. The number of nitro benzene ring substituents is 1. The van der Waals surface area contributed by atoms with Gasteiger partial charge in [-0.3, -0.25) is 15.1 Å². The van der Waals surface area contributed by atoms with E-state index in [2.05, 4.69) is 4.98 Å². The third kappa shape index (κ3) is 2.89. The molecular weight excluding hydrogens is 264 g/mol. The Kier molecular flexibility index (Phi) is 3.60. The van der Waals surface area contributed by atoms with Crippen molar-refractivity contribution in [3.63, 3.8) is 0 Å². The number of nitrogens with zero attached hydrogens (tertiary/aromatic N) is 2. The topological polar surface area (TPSA) is 103 Å². The van der Waals surface area contributed by atoms with Crippen LogP contribution in [0.25, 0.3) is 0 Å². The molecule has 0 aliphatic heterocycles. The smallest absolute Gasteiger partial charge is 0.342 e. The van der Waals surface area contributed by atoms with Crippen LogP contribution in [0.2, 0.25) is 0 Å². The number of carbonyl (C=O) groups is 1. The minimum Gasteiger partial charge on any atom is -0.477 e. The number of aromatic carboxylic acids is 1. The molecule has 7 heteroatoms. The number of hydrogen-bond donors (Lipinski definition) is 1. The standard InChI is InChI=1S/C13H10N2O5/c1-8-2-3-10(7-14-8)20-9-4-5-12(15(18)19)11(6-9)13(16)17/h2-7H,1H3,(H,16,17). The maximum absolute atomic E-state index is 11.0. The van der Waals surface area contributed by atoms with Gasteiger partial charge in [0.05, 0.1) is 11.1 Å². The molecule has 0 radical (unpaired) electrons. The van der Waals surface area contributed by atoms with Gasteiger partial charge in [-0.05, 0) is 25.1 Å². The number of ether oxygens (including phenoxy) is 1. The number of benzene rings is 1. The van der Waals surface area contributed by atoms with Crippen LogP contribution in [0.15, 0.2) is 36.5 Å². The predicted octanol–water partition coefficient (Wildman–Crippen LogP) is 2.79. The van der Waals surface area contributed by atoms with E-state index in [0.29, 0.717) is 5.75 Å². The van der Waals surface area contributed by atoms with Crippen molar-refractivity contribution in [1.82, 2.24) is 4.98 Å². The second-order valence-electron chi connectivity index (χ2n) is 3.98. The number of pyridine rings is 1. The number of carboxylic acid groups (broad SMARTS) is 1. The Labute approximate surface area is 113 Å². The average molecular weight is 274 g/mol. The molecule has 1 aromatic carbocycles. The van der Waals surface area contributed by atoms with Crippen LogP contribution in [0.3, 0.4) is 0 Å². The van der Waals surface area contributed by atoms with Crippen molar-refractivity contribution in [3.8, 4) is 11.5 Å². The molecular formula is C13H10N2O5. The van der Waals surface area contributed by atoms with Gasteiger partial charge in [-0.2, -0.15) is 0 Å². The van der Waals surface area contributed by atoms with Crippen LogP contribution in [0.5, 0.6) is 11.5 Å². The summed E-state index contributed by atoms with van der Waals surface area (Å²) in [6, 6.07) is 6.95. The van der Waals surface area contributed by atoms with Crippen molar-refractivity contribution < 1.29 is 19.6 Å². The molecule has 2 aromatic rings. The van der Waals surface area contributed by atoms with Crippen molar-refractivity contribution in [2.45, 2.75) is 6.92 Å². The molecule has 1 aromatic heterocycles. The summed E-state index contributed by atoms with van der Waals surface area (Å²) in [5.74, 6) is -0.774. The molecule has 0 saturated carbocycles. The van der Waals surface area contributed by atoms with Crippen LogP contribution >= 0.6 is 0 Å². The van der Waals surface area contributed by atoms with E-state index < -0.39 is 22.1 Å². The highest BCUT2D eigenvalue weighted by molar-refractivity contribution is 5.92. The van der Waals surface area contributed by atoms with Gasteiger partial charge in [-0.15, -0.1) is 0 Å². The van der Waals surface area contributed by atoms with Crippen molar-refractivity contribution in [2.75, 3.05) is 0 Å². The van der Waals surface area contributed by atoms with E-state index >= 15 is 0 Å². The van der Waals surface area contributed by atoms with Gasteiger partial charge < -0.3 is 9.84 Å². The lowest BCUT2D eigenvalue weighted by atomic mass is 10.1. The van der Waals surface area contributed by atoms with Gasteiger partial charge in [0.2, 0.25) is 0 Å². The van der Waals surface area contributed by atoms with Crippen LogP contribution in [-0.4, -0.2) is 21.0 Å². The predicted molar refractivity (Wildman–Crippen MR) is 69.1 cm³/mol. The fourth-order valence-corrected chi connectivity index (χ4v) is 1.56. The Balaban J connectivity index is 2.34. The van der Waals surface area contributed by atoms with Gasteiger partial charge in [0.15, 0.2) is 0 Å². The largest absolute Gasteiger partial charge is 0.477 e. The normalized spacial score (nSPS) is 10.1. The Morgan fingerprint density at radius 2 is 2.00 bits per heavy atom. The SMILES string of the molecule is Cc1ccc(Oc2ccc([N+](=O)[O-])c(C(=O)O)c2)cn1. The van der Waals surface area contributed by atoms with E-state index in [1.807, 2.05) is 6.92 Å². The molecule has 0 amide bonds. The van der Waals surface area contributed by atoms with E-state index in [1.165, 1.54) is 12.3 Å². The number of hydrogen-bond acceptors (Lipinski definition) is 5. The molecule has 0 aliphatic rings. The van der Waals surface area contributed by atoms with Gasteiger partial charge in [0.25, 0.3) is 5.69 Å². The molecule has 0 aliphatic carbocycles. The van der Waals surface area contributed by atoms with Gasteiger partial charge in [-0.1, -0.05) is 0 Å². The molecule has 0 saturated heterocycles. The second kappa shape index (κ2) is 5.35. The molecule has 20 heavy (non-hydrogen) atoms. The number of carboxylic acids is 1. The van der Waals surface area contributed by atoms with Gasteiger partial charge >= 0.3 is 5.97 Å². The zero-order valence-corrected chi connectivity index (χ0v) is 10.4. The molecule has 7 nitrogen and oxygen atoms in total. The van der Waals surface area contributed by atoms with E-state index in [9.17, 15) is 14.9 Å². The number of aryl methyl sites for hydroxylation is 1. The number of aromatic nitrogens is 1. The highest BCUT2D eigenvalue weighted by Gasteiger charge is 2.20. The number of rotatable bonds is 4. The maximum atomic E-state index is 11.0. The molecule has 1 N–H and O–H groups in total. The van der Waals surface area contributed by atoms with E-state index in [4.69, 9.17) is 9.84 Å². The highest BCUT2D eigenvalue weighted by atomic mass is 16.6. The van der Waals surface area contributed by atoms with Crippen molar-refractivity contribution in [2.24, 2.45) is 0 Å². The molecule has 0 fully saturated rings. The molecule has 1 heterocycles. The molecule has 0 bridgehead atoms. The lowest BCUT2D eigenvalue weighted by Crippen LogP contribution is -2.02. The number of nitro groups is 1. The lowest BCUT2D eigenvalue weighted by molar-refractivity contribution is -0.385. The molecule has 2 rings (SSSR count). The summed E-state index contributed by atoms with van der Waals surface area (Å²) in [5, 5.41) is 19.7. The zero-order valence-electron chi connectivity index (χ0n) is 10.4. The summed E-state index contributed by atoms with van der Waals surface area (Å²) in [7, 11) is 0. The van der Waals surface area contributed by atoms with E-state index in [0.717, 1.165) is 17.8 Å². The second-order valence-corrected chi connectivity index (χ2v) is 3.98. The fraction of sp³-hybridized carbons (Fsp3) is 0.0769. The van der Waals surface area contributed by atoms with Gasteiger partial charge in [-0.25, -0.2) is 4.79 Å². The van der Waals surface area contributed by atoms with E-state index in [-0.39, 0.29) is 5.75 Å². The van der Waals surface area contributed by atoms with Crippen LogP contribution in [0.4, 0.5) is 5.69 Å². The third-order valence-electron chi connectivity index (χ3n) is 2.52. The Morgan fingerprint density at radius 3 is 2.55 bits per heavy atom. The summed E-state index contributed by atoms with van der Waals surface area (Å²) < 4.78 is 5.41. The minimum absolute atomic E-state index is 0.193. The molecule has 102 valence electrons. The molecule has 0 spiro atoms. The maximum Gasteiger partial charge on any atom is 0.342 e. The first-order chi connectivity index (χ1) is 9.47. The summed E-state index contributed by atoms with van der Waals surface area (Å²) >= 11 is 0. The molecule has 0 unspecified atom stereocenters. The van der Waals surface area contributed by atoms with Crippen LogP contribution in [0, 0.1) is 17.0 Å². The monoisotopic (exact) mass is 274 g/mol. The summed E-state index contributed by atoms with van der Waals surface area (Å²) in [6.45, 7) is 1.82. The van der Waals surface area contributed by atoms with Crippen LogP contribution in [-0.2, 0) is 0 Å². The average Bonchev–Trinajstić information content (AvgIpc) is 2.41. The van der Waals surface area contributed by atoms with Crippen molar-refractivity contribution in [1.29, 1.82) is 0 Å². The van der Waals surface area contributed by atoms with Gasteiger partial charge in [0.1, 0.15) is 17.1 Å². The van der Waals surface area contributed by atoms with Crippen LogP contribution < -0.4 is 4.74 Å². The summed E-state index contributed by atoms with van der Waals surface area (Å²) in [6.07, 6.45) is 1.48. The quantitative estimate of drug-likeness (QED) is 0.679. The lowest BCUT2D eigenvalue weighted by Gasteiger charge is -2.06. The Morgan fingerprint density at radius 1 is 1.30 bits per heavy atom.